The zero-order chi connectivity index (χ0) is 17.4. The highest BCUT2D eigenvalue weighted by molar-refractivity contribution is 5.94. The Morgan fingerprint density at radius 3 is 2.22 bits per heavy atom. The highest BCUT2D eigenvalue weighted by atomic mass is 19.4. The van der Waals surface area contributed by atoms with Crippen molar-refractivity contribution in [1.29, 1.82) is 0 Å². The summed E-state index contributed by atoms with van der Waals surface area (Å²) in [7, 11) is 0. The predicted molar refractivity (Wildman–Crippen MR) is 62.3 cm³/mol. The number of carbonyl (C=O) groups excluding carboxylic acids is 2. The number of aromatic nitrogens is 2. The molecule has 0 amide bonds. The Balaban J connectivity index is 2.43. The Kier molecular flexibility index (Phi) is 4.05. The Hall–Kier alpha value is -2.59. The van der Waals surface area contributed by atoms with Crippen molar-refractivity contribution in [1.82, 2.24) is 9.55 Å². The number of benzene rings is 1. The molecule has 1 aromatic heterocycles. The van der Waals surface area contributed by atoms with Gasteiger partial charge in [-0.3, -0.25) is 9.36 Å². The summed E-state index contributed by atoms with van der Waals surface area (Å²) >= 11 is 0. The molecule has 0 saturated carbocycles. The molecule has 0 aliphatic heterocycles. The molecule has 0 aliphatic rings. The van der Waals surface area contributed by atoms with Gasteiger partial charge in [-0.1, -0.05) is 12.1 Å². The first-order chi connectivity index (χ1) is 10.5. The summed E-state index contributed by atoms with van der Waals surface area (Å²) < 4.78 is 78.0. The van der Waals surface area contributed by atoms with E-state index in [-0.39, 0.29) is 15.6 Å². The first-order valence-corrected chi connectivity index (χ1v) is 5.83. The molecule has 0 atom stereocenters. The van der Waals surface area contributed by atoms with E-state index in [0.29, 0.717) is 0 Å². The minimum absolute atomic E-state index is 0.0665. The van der Waals surface area contributed by atoms with Crippen LogP contribution in [-0.2, 0) is 16.1 Å². The van der Waals surface area contributed by atoms with Crippen LogP contribution in [0.15, 0.2) is 24.3 Å². The van der Waals surface area contributed by atoms with E-state index in [0.717, 1.165) is 6.07 Å². The number of esters is 1. The Morgan fingerprint density at radius 2 is 1.65 bits per heavy atom. The van der Waals surface area contributed by atoms with Crippen LogP contribution >= 0.6 is 0 Å². The molecule has 2 rings (SSSR count). The van der Waals surface area contributed by atoms with Crippen molar-refractivity contribution in [3.8, 4) is 0 Å². The van der Waals surface area contributed by atoms with Gasteiger partial charge in [-0.2, -0.15) is 26.3 Å². The van der Waals surface area contributed by atoms with Crippen molar-refractivity contribution in [2.45, 2.75) is 19.0 Å². The van der Waals surface area contributed by atoms with Gasteiger partial charge >= 0.3 is 24.2 Å². The zero-order valence-corrected chi connectivity index (χ0v) is 10.9. The standard InChI is InChI=1S/C12H6F6N2O3/c13-11(14,15)9(21)20-7-4-2-1-3-6(7)19-8(20)5-23-10(22)12(16,17)18/h1-4H,5H2. The number of carbonyl (C=O) groups is 2. The normalized spacial score (nSPS) is 12.4. The number of hydrogen-bond acceptors (Lipinski definition) is 4. The summed E-state index contributed by atoms with van der Waals surface area (Å²) in [6.07, 6.45) is -10.6. The topological polar surface area (TPSA) is 61.2 Å². The molecular formula is C12H6F6N2O3. The van der Waals surface area contributed by atoms with E-state index in [9.17, 15) is 35.9 Å². The molecule has 0 bridgehead atoms. The Morgan fingerprint density at radius 1 is 1.04 bits per heavy atom. The third-order valence-electron chi connectivity index (χ3n) is 2.64. The molecule has 0 unspecified atom stereocenters. The molecule has 0 spiro atoms. The third-order valence-corrected chi connectivity index (χ3v) is 2.64. The highest BCUT2D eigenvalue weighted by Gasteiger charge is 2.43. The SMILES string of the molecule is O=C(OCc1nc2ccccc2n1C(=O)C(F)(F)F)C(F)(F)F. The number of imidazole rings is 1. The molecule has 1 aromatic carbocycles. The average Bonchev–Trinajstić information content (AvgIpc) is 2.79. The number of halogens is 6. The number of alkyl halides is 6. The van der Waals surface area contributed by atoms with Crippen LogP contribution < -0.4 is 0 Å². The number of rotatable bonds is 2. The van der Waals surface area contributed by atoms with Crippen LogP contribution in [0.4, 0.5) is 26.3 Å². The molecule has 0 saturated heterocycles. The van der Waals surface area contributed by atoms with Crippen LogP contribution in [0.2, 0.25) is 0 Å². The van der Waals surface area contributed by atoms with Gasteiger partial charge in [0.05, 0.1) is 11.0 Å². The fourth-order valence-electron chi connectivity index (χ4n) is 1.74. The van der Waals surface area contributed by atoms with Crippen molar-refractivity contribution in [3.63, 3.8) is 0 Å². The average molecular weight is 340 g/mol. The lowest BCUT2D eigenvalue weighted by Gasteiger charge is -2.11. The Labute approximate surface area is 123 Å². The minimum Gasteiger partial charge on any atom is -0.451 e. The largest absolute Gasteiger partial charge is 0.490 e. The maximum absolute atomic E-state index is 12.6. The van der Waals surface area contributed by atoms with E-state index >= 15 is 0 Å². The summed E-state index contributed by atoms with van der Waals surface area (Å²) in [5.41, 5.74) is -0.337. The molecule has 23 heavy (non-hydrogen) atoms. The summed E-state index contributed by atoms with van der Waals surface area (Å²) in [4.78, 5) is 25.7. The minimum atomic E-state index is -5.31. The van der Waals surface area contributed by atoms with Gasteiger partial charge in [0.2, 0.25) is 0 Å². The quantitative estimate of drug-likeness (QED) is 0.623. The predicted octanol–water partition coefficient (Wildman–Crippen LogP) is 2.84. The highest BCUT2D eigenvalue weighted by Crippen LogP contribution is 2.25. The van der Waals surface area contributed by atoms with Crippen molar-refractivity contribution in [2.24, 2.45) is 0 Å². The van der Waals surface area contributed by atoms with E-state index < -0.39 is 36.7 Å². The molecule has 0 aliphatic carbocycles. The fourth-order valence-corrected chi connectivity index (χ4v) is 1.74. The molecule has 11 heteroatoms. The van der Waals surface area contributed by atoms with Gasteiger partial charge in [0.25, 0.3) is 0 Å². The lowest BCUT2D eigenvalue weighted by molar-refractivity contribution is -0.201. The van der Waals surface area contributed by atoms with Gasteiger partial charge in [0.15, 0.2) is 5.82 Å². The smallest absolute Gasteiger partial charge is 0.451 e. The van der Waals surface area contributed by atoms with Crippen LogP contribution in [0.5, 0.6) is 0 Å². The van der Waals surface area contributed by atoms with Crippen molar-refractivity contribution in [3.05, 3.63) is 30.1 Å². The summed E-state index contributed by atoms with van der Waals surface area (Å²) in [6.45, 7) is -1.24. The molecular weight excluding hydrogens is 334 g/mol. The number of hydrogen-bond donors (Lipinski definition) is 0. The summed E-state index contributed by atoms with van der Waals surface area (Å²) in [5, 5.41) is 0. The molecule has 0 fully saturated rings. The first kappa shape index (κ1) is 16.8. The lowest BCUT2D eigenvalue weighted by Crippen LogP contribution is -2.31. The van der Waals surface area contributed by atoms with Gasteiger partial charge < -0.3 is 4.74 Å². The second kappa shape index (κ2) is 5.56. The van der Waals surface area contributed by atoms with E-state index in [1.807, 2.05) is 0 Å². The lowest BCUT2D eigenvalue weighted by atomic mass is 10.3. The molecule has 124 valence electrons. The second-order valence-electron chi connectivity index (χ2n) is 4.23. The van der Waals surface area contributed by atoms with Gasteiger partial charge in [-0.05, 0) is 12.1 Å². The maximum atomic E-state index is 12.6. The van der Waals surface area contributed by atoms with Crippen LogP contribution in [-0.4, -0.2) is 33.8 Å². The van der Waals surface area contributed by atoms with Crippen LogP contribution in [0.3, 0.4) is 0 Å². The maximum Gasteiger partial charge on any atom is 0.490 e. The third kappa shape index (κ3) is 3.43. The van der Waals surface area contributed by atoms with Gasteiger partial charge in [-0.15, -0.1) is 0 Å². The van der Waals surface area contributed by atoms with E-state index in [2.05, 4.69) is 9.72 Å². The van der Waals surface area contributed by atoms with Gasteiger partial charge in [0, 0.05) is 0 Å². The summed E-state index contributed by atoms with van der Waals surface area (Å²) in [6, 6.07) is 5.10. The van der Waals surface area contributed by atoms with Gasteiger partial charge in [0.1, 0.15) is 6.61 Å². The second-order valence-corrected chi connectivity index (χ2v) is 4.23. The first-order valence-electron chi connectivity index (χ1n) is 5.83. The van der Waals surface area contributed by atoms with E-state index in [1.54, 1.807) is 0 Å². The number of para-hydroxylation sites is 2. The number of nitrogens with zero attached hydrogens (tertiary/aromatic N) is 2. The fraction of sp³-hybridized carbons (Fsp3) is 0.250. The van der Waals surface area contributed by atoms with Crippen molar-refractivity contribution >= 4 is 22.9 Å². The van der Waals surface area contributed by atoms with Crippen LogP contribution in [0, 0.1) is 0 Å². The molecule has 2 aromatic rings. The molecule has 0 N–H and O–H groups in total. The van der Waals surface area contributed by atoms with Crippen LogP contribution in [0.25, 0.3) is 11.0 Å². The molecule has 0 radical (unpaired) electrons. The van der Waals surface area contributed by atoms with Gasteiger partial charge in [-0.25, -0.2) is 9.78 Å². The van der Waals surface area contributed by atoms with Crippen molar-refractivity contribution < 1.29 is 40.7 Å². The monoisotopic (exact) mass is 340 g/mol. The summed E-state index contributed by atoms with van der Waals surface area (Å²) in [5.74, 6) is -5.73. The number of fused-ring (bicyclic) bond motifs is 1. The van der Waals surface area contributed by atoms with E-state index in [4.69, 9.17) is 0 Å². The van der Waals surface area contributed by atoms with Crippen LogP contribution in [0.1, 0.15) is 10.6 Å². The van der Waals surface area contributed by atoms with Crippen molar-refractivity contribution in [2.75, 3.05) is 0 Å². The molecule has 1 heterocycles. The van der Waals surface area contributed by atoms with E-state index in [1.165, 1.54) is 18.2 Å². The Bertz CT molecular complexity index is 762. The number of ether oxygens (including phenoxy) is 1. The zero-order valence-electron chi connectivity index (χ0n) is 10.9. The molecule has 5 nitrogen and oxygen atoms in total.